The number of pyridine rings is 2. The first-order valence-electron chi connectivity index (χ1n) is 7.04. The number of carbonyl (C=O) groups excluding carboxylic acids is 1. The second kappa shape index (κ2) is 7.05. The van der Waals surface area contributed by atoms with Crippen molar-refractivity contribution in [1.82, 2.24) is 25.4 Å². The van der Waals surface area contributed by atoms with E-state index in [-0.39, 0.29) is 16.5 Å². The Bertz CT molecular complexity index is 907. The number of hydrogen-bond acceptors (Lipinski definition) is 6. The Kier molecular flexibility index (Phi) is 4.66. The van der Waals surface area contributed by atoms with Crippen LogP contribution in [0.5, 0.6) is 0 Å². The minimum atomic E-state index is -0.443. The van der Waals surface area contributed by atoms with Gasteiger partial charge in [0.2, 0.25) is 11.7 Å². The lowest BCUT2D eigenvalue weighted by molar-refractivity contribution is 0.0953. The van der Waals surface area contributed by atoms with E-state index in [1.54, 1.807) is 18.3 Å². The molecule has 0 unspecified atom stereocenters. The minimum Gasteiger partial charge on any atom is -0.351 e. The van der Waals surface area contributed by atoms with Crippen LogP contribution in [0.1, 0.15) is 16.2 Å². The van der Waals surface area contributed by atoms with Crippen LogP contribution in [0.3, 0.4) is 0 Å². The third-order valence-electron chi connectivity index (χ3n) is 3.11. The SMILES string of the molecule is O=C(NCCc1nc(-c2ccccn2)no1)c1c[nH]c(=O)c(Cl)c1. The van der Waals surface area contributed by atoms with E-state index in [0.29, 0.717) is 30.4 Å². The van der Waals surface area contributed by atoms with E-state index in [0.717, 1.165) is 0 Å². The molecule has 122 valence electrons. The molecule has 0 aliphatic rings. The van der Waals surface area contributed by atoms with Gasteiger partial charge in [0, 0.05) is 25.4 Å². The van der Waals surface area contributed by atoms with Crippen molar-refractivity contribution in [2.75, 3.05) is 6.54 Å². The van der Waals surface area contributed by atoms with E-state index in [2.05, 4.69) is 25.4 Å². The fraction of sp³-hybridized carbons (Fsp3) is 0.133. The van der Waals surface area contributed by atoms with Gasteiger partial charge < -0.3 is 14.8 Å². The summed E-state index contributed by atoms with van der Waals surface area (Å²) in [5, 5.41) is 6.48. The fourth-order valence-electron chi connectivity index (χ4n) is 1.93. The van der Waals surface area contributed by atoms with Crippen LogP contribution >= 0.6 is 11.6 Å². The van der Waals surface area contributed by atoms with Gasteiger partial charge in [0.1, 0.15) is 10.7 Å². The van der Waals surface area contributed by atoms with Gasteiger partial charge in [0.25, 0.3) is 11.5 Å². The average molecular weight is 346 g/mol. The van der Waals surface area contributed by atoms with Crippen molar-refractivity contribution in [2.45, 2.75) is 6.42 Å². The lowest BCUT2D eigenvalue weighted by Crippen LogP contribution is -2.26. The van der Waals surface area contributed by atoms with E-state index in [1.165, 1.54) is 12.3 Å². The molecule has 1 amide bonds. The monoisotopic (exact) mass is 345 g/mol. The molecule has 0 spiro atoms. The molecule has 0 saturated heterocycles. The van der Waals surface area contributed by atoms with Crippen LogP contribution in [-0.2, 0) is 6.42 Å². The lowest BCUT2D eigenvalue weighted by atomic mass is 10.2. The van der Waals surface area contributed by atoms with Crippen molar-refractivity contribution < 1.29 is 9.32 Å². The molecule has 0 atom stereocenters. The molecule has 0 aliphatic heterocycles. The van der Waals surface area contributed by atoms with Crippen molar-refractivity contribution >= 4 is 17.5 Å². The van der Waals surface area contributed by atoms with E-state index < -0.39 is 5.56 Å². The Balaban J connectivity index is 1.57. The highest BCUT2D eigenvalue weighted by Crippen LogP contribution is 2.11. The number of amides is 1. The van der Waals surface area contributed by atoms with Crippen molar-refractivity contribution in [1.29, 1.82) is 0 Å². The zero-order valence-electron chi connectivity index (χ0n) is 12.3. The number of halogens is 1. The number of H-pyrrole nitrogens is 1. The molecule has 3 aromatic heterocycles. The second-order valence-corrected chi connectivity index (χ2v) is 5.21. The maximum Gasteiger partial charge on any atom is 0.266 e. The largest absolute Gasteiger partial charge is 0.351 e. The summed E-state index contributed by atoms with van der Waals surface area (Å²) < 4.78 is 5.12. The standard InChI is InChI=1S/C15H12ClN5O3/c16-10-7-9(8-19-15(10)23)14(22)18-6-4-12-20-13(21-24-12)11-3-1-2-5-17-11/h1-3,5,7-8H,4,6H2,(H,18,22)(H,19,23). The number of aromatic nitrogens is 4. The topological polar surface area (TPSA) is 114 Å². The third-order valence-corrected chi connectivity index (χ3v) is 3.39. The van der Waals surface area contributed by atoms with Gasteiger partial charge in [-0.15, -0.1) is 0 Å². The molecule has 3 aromatic rings. The number of nitrogens with zero attached hydrogens (tertiary/aromatic N) is 3. The summed E-state index contributed by atoms with van der Waals surface area (Å²) in [5.41, 5.74) is 0.430. The summed E-state index contributed by atoms with van der Waals surface area (Å²) in [4.78, 5) is 33.8. The normalized spacial score (nSPS) is 10.5. The number of carbonyl (C=O) groups is 1. The van der Waals surface area contributed by atoms with Crippen molar-refractivity contribution in [3.05, 3.63) is 63.5 Å². The maximum absolute atomic E-state index is 12.0. The van der Waals surface area contributed by atoms with Crippen molar-refractivity contribution in [2.24, 2.45) is 0 Å². The molecular formula is C15H12ClN5O3. The second-order valence-electron chi connectivity index (χ2n) is 4.80. The third kappa shape index (κ3) is 3.66. The van der Waals surface area contributed by atoms with Gasteiger partial charge in [0.05, 0.1) is 5.56 Å². The van der Waals surface area contributed by atoms with E-state index in [1.807, 2.05) is 6.07 Å². The molecule has 0 radical (unpaired) electrons. The van der Waals surface area contributed by atoms with Crippen molar-refractivity contribution in [3.63, 3.8) is 0 Å². The van der Waals surface area contributed by atoms with E-state index in [9.17, 15) is 9.59 Å². The Hall–Kier alpha value is -3.00. The highest BCUT2D eigenvalue weighted by molar-refractivity contribution is 6.30. The zero-order valence-corrected chi connectivity index (χ0v) is 13.1. The van der Waals surface area contributed by atoms with Crippen LogP contribution in [-0.4, -0.2) is 32.6 Å². The minimum absolute atomic E-state index is 0.0421. The summed E-state index contributed by atoms with van der Waals surface area (Å²) in [6.45, 7) is 0.291. The molecule has 24 heavy (non-hydrogen) atoms. The highest BCUT2D eigenvalue weighted by Gasteiger charge is 2.11. The number of hydrogen-bond donors (Lipinski definition) is 2. The maximum atomic E-state index is 12.0. The van der Waals surface area contributed by atoms with Crippen LogP contribution in [0.2, 0.25) is 5.02 Å². The predicted molar refractivity (Wildman–Crippen MR) is 85.6 cm³/mol. The lowest BCUT2D eigenvalue weighted by Gasteiger charge is -2.03. The van der Waals surface area contributed by atoms with E-state index in [4.69, 9.17) is 16.1 Å². The van der Waals surface area contributed by atoms with Crippen LogP contribution < -0.4 is 10.9 Å². The summed E-state index contributed by atoms with van der Waals surface area (Å²) in [7, 11) is 0. The Morgan fingerprint density at radius 2 is 2.25 bits per heavy atom. The predicted octanol–water partition coefficient (Wildman–Crippen LogP) is 1.45. The Labute approximate surface area is 140 Å². The molecule has 0 aliphatic carbocycles. The summed E-state index contributed by atoms with van der Waals surface area (Å²) >= 11 is 5.69. The first-order chi connectivity index (χ1) is 11.6. The summed E-state index contributed by atoms with van der Waals surface area (Å²) in [5.74, 6) is 0.414. The Morgan fingerprint density at radius 1 is 1.38 bits per heavy atom. The number of aromatic amines is 1. The first-order valence-corrected chi connectivity index (χ1v) is 7.42. The molecule has 2 N–H and O–H groups in total. The van der Waals surface area contributed by atoms with Gasteiger partial charge >= 0.3 is 0 Å². The van der Waals surface area contributed by atoms with Crippen LogP contribution in [0.4, 0.5) is 0 Å². The number of rotatable bonds is 5. The highest BCUT2D eigenvalue weighted by atomic mass is 35.5. The molecule has 0 aromatic carbocycles. The van der Waals surface area contributed by atoms with E-state index >= 15 is 0 Å². The average Bonchev–Trinajstić information content (AvgIpc) is 3.07. The molecule has 9 heteroatoms. The molecule has 3 heterocycles. The summed E-state index contributed by atoms with van der Waals surface area (Å²) in [6, 6.07) is 6.70. The quantitative estimate of drug-likeness (QED) is 0.723. The van der Waals surface area contributed by atoms with Gasteiger partial charge in [-0.25, -0.2) is 0 Å². The zero-order chi connectivity index (χ0) is 16.9. The number of nitrogens with one attached hydrogen (secondary N) is 2. The molecule has 8 nitrogen and oxygen atoms in total. The van der Waals surface area contributed by atoms with Crippen LogP contribution in [0.25, 0.3) is 11.5 Å². The molecule has 3 rings (SSSR count). The molecule has 0 saturated carbocycles. The van der Waals surface area contributed by atoms with Gasteiger partial charge in [-0.05, 0) is 18.2 Å². The van der Waals surface area contributed by atoms with Crippen LogP contribution in [0, 0.1) is 0 Å². The molecular weight excluding hydrogens is 334 g/mol. The first kappa shape index (κ1) is 15.9. The van der Waals surface area contributed by atoms with Gasteiger partial charge in [0.15, 0.2) is 0 Å². The molecule has 0 fully saturated rings. The van der Waals surface area contributed by atoms with Gasteiger partial charge in [-0.1, -0.05) is 22.8 Å². The summed E-state index contributed by atoms with van der Waals surface area (Å²) in [6.07, 6.45) is 3.30. The Morgan fingerprint density at radius 3 is 3.00 bits per heavy atom. The van der Waals surface area contributed by atoms with Crippen molar-refractivity contribution in [3.8, 4) is 11.5 Å². The van der Waals surface area contributed by atoms with Gasteiger partial charge in [-0.3, -0.25) is 14.6 Å². The van der Waals surface area contributed by atoms with Crippen LogP contribution in [0.15, 0.2) is 46.0 Å². The smallest absolute Gasteiger partial charge is 0.266 e. The van der Waals surface area contributed by atoms with Gasteiger partial charge in [-0.2, -0.15) is 4.98 Å². The molecule has 0 bridgehead atoms. The fourth-order valence-corrected chi connectivity index (χ4v) is 2.10.